The molecule has 0 unspecified atom stereocenters. The van der Waals surface area contributed by atoms with Gasteiger partial charge in [0.05, 0.1) is 6.21 Å². The number of hydrogen-bond donors (Lipinski definition) is 1. The fourth-order valence-corrected chi connectivity index (χ4v) is 1.58. The smallest absolute Gasteiger partial charge is 0.131 e. The van der Waals surface area contributed by atoms with Crippen LogP contribution in [-0.4, -0.2) is 29.5 Å². The Hall–Kier alpha value is -1.58. The number of rotatable bonds is 4. The number of anilines is 1. The van der Waals surface area contributed by atoms with Crippen molar-refractivity contribution in [3.8, 4) is 0 Å². The second kappa shape index (κ2) is 5.34. The van der Waals surface area contributed by atoms with Gasteiger partial charge in [-0.2, -0.15) is 0 Å². The first-order valence-electron chi connectivity index (χ1n) is 5.11. The van der Waals surface area contributed by atoms with Crippen molar-refractivity contribution in [2.45, 2.75) is 20.8 Å². The van der Waals surface area contributed by atoms with Gasteiger partial charge < -0.3 is 10.1 Å². The van der Waals surface area contributed by atoms with E-state index in [0.717, 1.165) is 30.0 Å². The lowest BCUT2D eigenvalue weighted by molar-refractivity contribution is 0.322. The van der Waals surface area contributed by atoms with Crippen LogP contribution in [0.25, 0.3) is 0 Å². The minimum atomic E-state index is 0.811. The molecule has 1 rings (SSSR count). The highest BCUT2D eigenvalue weighted by Crippen LogP contribution is 2.16. The molecule has 0 fully saturated rings. The molecule has 1 aromatic heterocycles. The minimum Gasteiger partial charge on any atom is -0.411 e. The Balaban J connectivity index is 3.01. The summed E-state index contributed by atoms with van der Waals surface area (Å²) in [6, 6.07) is 1.96. The molecule has 82 valence electrons. The van der Waals surface area contributed by atoms with Gasteiger partial charge in [0.25, 0.3) is 0 Å². The highest BCUT2D eigenvalue weighted by atomic mass is 16.4. The highest BCUT2D eigenvalue weighted by Gasteiger charge is 2.06. The average Bonchev–Trinajstić information content (AvgIpc) is 2.23. The Morgan fingerprint density at radius 2 is 2.13 bits per heavy atom. The van der Waals surface area contributed by atoms with E-state index >= 15 is 0 Å². The second-order valence-corrected chi connectivity index (χ2v) is 3.33. The van der Waals surface area contributed by atoms with Crippen molar-refractivity contribution in [1.82, 2.24) is 4.98 Å². The van der Waals surface area contributed by atoms with Crippen molar-refractivity contribution < 1.29 is 5.21 Å². The van der Waals surface area contributed by atoms with Gasteiger partial charge >= 0.3 is 0 Å². The van der Waals surface area contributed by atoms with Crippen LogP contribution in [0.15, 0.2) is 17.4 Å². The van der Waals surface area contributed by atoms with Crippen molar-refractivity contribution in [3.05, 3.63) is 23.4 Å². The summed E-state index contributed by atoms with van der Waals surface area (Å²) in [6.45, 7) is 8.10. The molecule has 0 saturated carbocycles. The number of aromatic nitrogens is 1. The molecule has 0 aliphatic carbocycles. The topological polar surface area (TPSA) is 48.7 Å². The maximum atomic E-state index is 8.41. The number of hydrogen-bond acceptors (Lipinski definition) is 4. The summed E-state index contributed by atoms with van der Waals surface area (Å²) in [5, 5.41) is 11.4. The van der Waals surface area contributed by atoms with Gasteiger partial charge in [0.15, 0.2) is 0 Å². The lowest BCUT2D eigenvalue weighted by Crippen LogP contribution is -2.23. The lowest BCUT2D eigenvalue weighted by Gasteiger charge is -2.21. The molecule has 0 atom stereocenters. The number of nitrogens with zero attached hydrogens (tertiary/aromatic N) is 3. The van der Waals surface area contributed by atoms with Crippen molar-refractivity contribution >= 4 is 12.0 Å². The van der Waals surface area contributed by atoms with E-state index in [4.69, 9.17) is 5.21 Å². The Morgan fingerprint density at radius 1 is 1.47 bits per heavy atom. The first-order valence-corrected chi connectivity index (χ1v) is 5.11. The normalized spacial score (nSPS) is 10.9. The van der Waals surface area contributed by atoms with E-state index in [1.54, 1.807) is 6.20 Å². The Kier molecular flexibility index (Phi) is 4.09. The van der Waals surface area contributed by atoms with E-state index in [2.05, 4.69) is 28.9 Å². The summed E-state index contributed by atoms with van der Waals surface area (Å²) in [6.07, 6.45) is 3.09. The zero-order valence-corrected chi connectivity index (χ0v) is 9.44. The lowest BCUT2D eigenvalue weighted by atomic mass is 10.2. The second-order valence-electron chi connectivity index (χ2n) is 3.33. The fourth-order valence-electron chi connectivity index (χ4n) is 1.58. The summed E-state index contributed by atoms with van der Waals surface area (Å²) in [7, 11) is 0. The van der Waals surface area contributed by atoms with E-state index in [-0.39, 0.29) is 0 Å². The predicted octanol–water partition coefficient (Wildman–Crippen LogP) is 2.04. The molecule has 0 aromatic carbocycles. The molecule has 15 heavy (non-hydrogen) atoms. The quantitative estimate of drug-likeness (QED) is 0.467. The number of aryl methyl sites for hydroxylation is 1. The maximum absolute atomic E-state index is 8.41. The van der Waals surface area contributed by atoms with Crippen LogP contribution in [0.1, 0.15) is 25.0 Å². The zero-order valence-electron chi connectivity index (χ0n) is 9.44. The molecular weight excluding hydrogens is 190 g/mol. The molecule has 1 aromatic rings. The van der Waals surface area contributed by atoms with Gasteiger partial charge in [-0.05, 0) is 32.4 Å². The summed E-state index contributed by atoms with van der Waals surface area (Å²) in [5.41, 5.74) is 1.90. The van der Waals surface area contributed by atoms with Gasteiger partial charge in [-0.15, -0.1) is 0 Å². The van der Waals surface area contributed by atoms with Crippen LogP contribution in [0.4, 0.5) is 5.82 Å². The van der Waals surface area contributed by atoms with Crippen LogP contribution in [0, 0.1) is 6.92 Å². The third-order valence-electron chi connectivity index (χ3n) is 2.34. The molecular formula is C11H17N3O. The third-order valence-corrected chi connectivity index (χ3v) is 2.34. The predicted molar refractivity (Wildman–Crippen MR) is 61.9 cm³/mol. The van der Waals surface area contributed by atoms with E-state index in [1.165, 1.54) is 6.21 Å². The van der Waals surface area contributed by atoms with Crippen molar-refractivity contribution in [2.75, 3.05) is 18.0 Å². The monoisotopic (exact) mass is 207 g/mol. The van der Waals surface area contributed by atoms with Gasteiger partial charge in [0.1, 0.15) is 5.82 Å². The molecule has 0 amide bonds. The summed E-state index contributed by atoms with van der Waals surface area (Å²) >= 11 is 0. The average molecular weight is 207 g/mol. The molecule has 4 heteroatoms. The van der Waals surface area contributed by atoms with Crippen molar-refractivity contribution in [1.29, 1.82) is 0 Å². The van der Waals surface area contributed by atoms with Crippen LogP contribution >= 0.6 is 0 Å². The molecule has 0 bridgehead atoms. The molecule has 1 heterocycles. The molecule has 0 radical (unpaired) electrons. The number of oxime groups is 1. The number of pyridine rings is 1. The van der Waals surface area contributed by atoms with Gasteiger partial charge in [0.2, 0.25) is 0 Å². The van der Waals surface area contributed by atoms with Gasteiger partial charge in [0, 0.05) is 24.8 Å². The van der Waals surface area contributed by atoms with Crippen LogP contribution in [-0.2, 0) is 0 Å². The highest BCUT2D eigenvalue weighted by molar-refractivity contribution is 5.79. The molecule has 4 nitrogen and oxygen atoms in total. The van der Waals surface area contributed by atoms with Crippen LogP contribution < -0.4 is 4.90 Å². The molecule has 0 saturated heterocycles. The van der Waals surface area contributed by atoms with E-state index < -0.39 is 0 Å². The summed E-state index contributed by atoms with van der Waals surface area (Å²) in [5.74, 6) is 0.995. The standard InChI is InChI=1S/C11H17N3O/c1-4-14(5-2)11-9(3)6-10(7-12-11)8-13-15/h6-8,15H,4-5H2,1-3H3/b13-8+. The Morgan fingerprint density at radius 3 is 2.60 bits per heavy atom. The molecule has 0 spiro atoms. The molecule has 0 aliphatic rings. The van der Waals surface area contributed by atoms with E-state index in [1.807, 2.05) is 13.0 Å². The van der Waals surface area contributed by atoms with E-state index in [9.17, 15) is 0 Å². The zero-order chi connectivity index (χ0) is 11.3. The SMILES string of the molecule is CCN(CC)c1ncc(/C=N/O)cc1C. The minimum absolute atomic E-state index is 0.811. The van der Waals surface area contributed by atoms with Crippen LogP contribution in [0.5, 0.6) is 0 Å². The first kappa shape index (κ1) is 11.5. The van der Waals surface area contributed by atoms with Crippen molar-refractivity contribution in [2.24, 2.45) is 5.16 Å². The van der Waals surface area contributed by atoms with Crippen LogP contribution in [0.3, 0.4) is 0 Å². The summed E-state index contributed by atoms with van der Waals surface area (Å²) in [4.78, 5) is 6.55. The maximum Gasteiger partial charge on any atom is 0.131 e. The van der Waals surface area contributed by atoms with Crippen molar-refractivity contribution in [3.63, 3.8) is 0 Å². The Bertz CT molecular complexity index is 346. The summed E-state index contributed by atoms with van der Waals surface area (Å²) < 4.78 is 0. The van der Waals surface area contributed by atoms with Gasteiger partial charge in [-0.1, -0.05) is 5.16 Å². The molecule has 1 N–H and O–H groups in total. The fraction of sp³-hybridized carbons (Fsp3) is 0.455. The Labute approximate surface area is 90.2 Å². The first-order chi connectivity index (χ1) is 7.22. The van der Waals surface area contributed by atoms with Crippen LogP contribution in [0.2, 0.25) is 0 Å². The van der Waals surface area contributed by atoms with E-state index in [0.29, 0.717) is 0 Å². The molecule has 0 aliphatic heterocycles. The van der Waals surface area contributed by atoms with Gasteiger partial charge in [-0.25, -0.2) is 4.98 Å². The van der Waals surface area contributed by atoms with Gasteiger partial charge in [-0.3, -0.25) is 0 Å². The largest absolute Gasteiger partial charge is 0.411 e. The third kappa shape index (κ3) is 2.68.